The monoisotopic (exact) mass is 471 g/mol. The van der Waals surface area contributed by atoms with Gasteiger partial charge in [0, 0.05) is 11.6 Å². The molecule has 0 unspecified atom stereocenters. The zero-order valence-corrected chi connectivity index (χ0v) is 18.5. The number of methoxy groups -OCH3 is 1. The summed E-state index contributed by atoms with van der Waals surface area (Å²) in [6.45, 7) is 0. The first-order valence-corrected chi connectivity index (χ1v) is 11.0. The van der Waals surface area contributed by atoms with Crippen LogP contribution in [0.25, 0.3) is 21.9 Å². The van der Waals surface area contributed by atoms with Gasteiger partial charge in [0.05, 0.1) is 35.7 Å². The van der Waals surface area contributed by atoms with Crippen LogP contribution in [0.15, 0.2) is 42.9 Å². The molecule has 3 heterocycles. The van der Waals surface area contributed by atoms with E-state index in [1.165, 1.54) is 6.33 Å². The van der Waals surface area contributed by atoms with Crippen molar-refractivity contribution in [3.63, 3.8) is 0 Å². The maximum atomic E-state index is 13.1. The molecule has 4 aromatic rings. The molecule has 0 radical (unpaired) electrons. The van der Waals surface area contributed by atoms with Gasteiger partial charge in [-0.1, -0.05) is 12.1 Å². The molecule has 1 aliphatic rings. The number of aliphatic hydroxyl groups is 1. The normalized spacial score (nSPS) is 20.9. The highest BCUT2D eigenvalue weighted by atomic mass is 19.4. The summed E-state index contributed by atoms with van der Waals surface area (Å²) in [5.41, 5.74) is 6.78. The number of nitrogens with two attached hydrogens (primary N) is 1. The SMILES string of the molecule is COc1ncnc2c1ccn2[C@@H]1C[C@H](CCc2ccc3cc(C(F)(F)F)c(N)nc3c2)C[C@H]1O. The zero-order valence-electron chi connectivity index (χ0n) is 18.5. The molecule has 1 saturated carbocycles. The number of hydrogen-bond donors (Lipinski definition) is 2. The lowest BCUT2D eigenvalue weighted by molar-refractivity contribution is -0.137. The highest BCUT2D eigenvalue weighted by molar-refractivity contribution is 5.82. The zero-order chi connectivity index (χ0) is 24.0. The van der Waals surface area contributed by atoms with E-state index >= 15 is 0 Å². The number of nitrogen functional groups attached to an aromatic ring is 1. The molecular weight excluding hydrogens is 447 g/mol. The number of alkyl halides is 3. The average Bonchev–Trinajstić information content (AvgIpc) is 3.39. The molecule has 0 aliphatic heterocycles. The fourth-order valence-electron chi connectivity index (χ4n) is 4.99. The lowest BCUT2D eigenvalue weighted by atomic mass is 9.97. The number of fused-ring (bicyclic) bond motifs is 2. The summed E-state index contributed by atoms with van der Waals surface area (Å²) in [6.07, 6.45) is 1.36. The number of aromatic nitrogens is 4. The van der Waals surface area contributed by atoms with Crippen LogP contribution >= 0.6 is 0 Å². The number of hydrogen-bond acceptors (Lipinski definition) is 6. The summed E-state index contributed by atoms with van der Waals surface area (Å²) < 4.78 is 46.5. The summed E-state index contributed by atoms with van der Waals surface area (Å²) in [5.74, 6) is 0.279. The molecule has 3 atom stereocenters. The van der Waals surface area contributed by atoms with E-state index < -0.39 is 23.7 Å². The number of aryl methyl sites for hydroxylation is 1. The van der Waals surface area contributed by atoms with E-state index in [0.717, 1.165) is 41.9 Å². The molecule has 3 aromatic heterocycles. The number of rotatable bonds is 5. The van der Waals surface area contributed by atoms with E-state index in [0.29, 0.717) is 29.1 Å². The predicted octanol–water partition coefficient (Wildman–Crippen LogP) is 4.53. The number of ether oxygens (including phenoxy) is 1. The molecule has 0 amide bonds. The van der Waals surface area contributed by atoms with Crippen molar-refractivity contribution in [3.05, 3.63) is 54.0 Å². The van der Waals surface area contributed by atoms with Crippen molar-refractivity contribution in [3.8, 4) is 5.88 Å². The average molecular weight is 471 g/mol. The Hall–Kier alpha value is -3.40. The van der Waals surface area contributed by atoms with Crippen LogP contribution in [0.2, 0.25) is 0 Å². The molecule has 1 fully saturated rings. The molecule has 7 nitrogen and oxygen atoms in total. The molecule has 1 aliphatic carbocycles. The van der Waals surface area contributed by atoms with Crippen molar-refractivity contribution in [1.29, 1.82) is 0 Å². The van der Waals surface area contributed by atoms with E-state index in [9.17, 15) is 18.3 Å². The first-order chi connectivity index (χ1) is 16.2. The Labute approximate surface area is 193 Å². The third-order valence-corrected chi connectivity index (χ3v) is 6.68. The fourth-order valence-corrected chi connectivity index (χ4v) is 4.99. The van der Waals surface area contributed by atoms with Crippen LogP contribution < -0.4 is 10.5 Å². The molecular formula is C24H24F3N5O2. The van der Waals surface area contributed by atoms with Gasteiger partial charge in [-0.25, -0.2) is 15.0 Å². The summed E-state index contributed by atoms with van der Waals surface area (Å²) in [6, 6.07) is 8.10. The van der Waals surface area contributed by atoms with Crippen molar-refractivity contribution in [2.24, 2.45) is 5.92 Å². The van der Waals surface area contributed by atoms with Crippen molar-refractivity contribution in [1.82, 2.24) is 19.5 Å². The second kappa shape index (κ2) is 8.43. The van der Waals surface area contributed by atoms with E-state index in [1.807, 2.05) is 22.9 Å². The Kier molecular flexibility index (Phi) is 5.55. The summed E-state index contributed by atoms with van der Waals surface area (Å²) in [5, 5.41) is 12.0. The molecule has 0 saturated heterocycles. The van der Waals surface area contributed by atoms with Gasteiger partial charge in [-0.15, -0.1) is 0 Å². The van der Waals surface area contributed by atoms with Crippen LogP contribution in [0.1, 0.15) is 36.4 Å². The van der Waals surface area contributed by atoms with E-state index in [4.69, 9.17) is 10.5 Å². The van der Waals surface area contributed by atoms with Gasteiger partial charge >= 0.3 is 6.18 Å². The Morgan fingerprint density at radius 1 is 1.18 bits per heavy atom. The van der Waals surface area contributed by atoms with Crippen LogP contribution in [-0.2, 0) is 12.6 Å². The Morgan fingerprint density at radius 2 is 2.00 bits per heavy atom. The molecule has 0 bridgehead atoms. The number of aliphatic hydroxyl groups excluding tert-OH is 1. The summed E-state index contributed by atoms with van der Waals surface area (Å²) in [7, 11) is 1.56. The lowest BCUT2D eigenvalue weighted by Crippen LogP contribution is -2.17. The predicted molar refractivity (Wildman–Crippen MR) is 121 cm³/mol. The van der Waals surface area contributed by atoms with Crippen LogP contribution in [0.3, 0.4) is 0 Å². The smallest absolute Gasteiger partial charge is 0.419 e. The van der Waals surface area contributed by atoms with Crippen molar-refractivity contribution < 1.29 is 23.0 Å². The van der Waals surface area contributed by atoms with Crippen molar-refractivity contribution in [2.45, 2.75) is 44.0 Å². The Bertz CT molecular complexity index is 1350. The number of benzene rings is 1. The second-order valence-corrected chi connectivity index (χ2v) is 8.80. The molecule has 0 spiro atoms. The summed E-state index contributed by atoms with van der Waals surface area (Å²) >= 11 is 0. The maximum absolute atomic E-state index is 13.1. The molecule has 178 valence electrons. The number of halogens is 3. The molecule has 34 heavy (non-hydrogen) atoms. The first-order valence-electron chi connectivity index (χ1n) is 11.0. The molecule has 1 aromatic carbocycles. The van der Waals surface area contributed by atoms with Gasteiger partial charge in [0.2, 0.25) is 5.88 Å². The maximum Gasteiger partial charge on any atom is 0.419 e. The molecule has 5 rings (SSSR count). The second-order valence-electron chi connectivity index (χ2n) is 8.80. The first kappa shape index (κ1) is 22.4. The lowest BCUT2D eigenvalue weighted by Gasteiger charge is -2.17. The minimum absolute atomic E-state index is 0.0963. The summed E-state index contributed by atoms with van der Waals surface area (Å²) in [4.78, 5) is 12.5. The van der Waals surface area contributed by atoms with Crippen LogP contribution in [-0.4, -0.2) is 37.8 Å². The van der Waals surface area contributed by atoms with Gasteiger partial charge in [0.25, 0.3) is 0 Å². The molecule has 10 heteroatoms. The van der Waals surface area contributed by atoms with Crippen molar-refractivity contribution in [2.75, 3.05) is 12.8 Å². The number of anilines is 1. The van der Waals surface area contributed by atoms with Gasteiger partial charge < -0.3 is 20.1 Å². The molecule has 3 N–H and O–H groups in total. The van der Waals surface area contributed by atoms with E-state index in [-0.39, 0.29) is 6.04 Å². The van der Waals surface area contributed by atoms with E-state index in [2.05, 4.69) is 15.0 Å². The van der Waals surface area contributed by atoms with Gasteiger partial charge in [-0.3, -0.25) is 0 Å². The number of nitrogens with zero attached hydrogens (tertiary/aromatic N) is 4. The third kappa shape index (κ3) is 4.02. The highest BCUT2D eigenvalue weighted by Crippen LogP contribution is 2.40. The minimum Gasteiger partial charge on any atom is -0.480 e. The van der Waals surface area contributed by atoms with Crippen molar-refractivity contribution >= 4 is 27.8 Å². The Balaban J connectivity index is 1.30. The van der Waals surface area contributed by atoms with Gasteiger partial charge in [-0.05, 0) is 55.4 Å². The van der Waals surface area contributed by atoms with Crippen LogP contribution in [0.5, 0.6) is 5.88 Å². The van der Waals surface area contributed by atoms with Gasteiger partial charge in [0.15, 0.2) is 0 Å². The quantitative estimate of drug-likeness (QED) is 0.444. The topological polar surface area (TPSA) is 99.1 Å². The van der Waals surface area contributed by atoms with E-state index in [1.54, 1.807) is 19.2 Å². The minimum atomic E-state index is -4.54. The highest BCUT2D eigenvalue weighted by Gasteiger charge is 2.35. The fraction of sp³-hybridized carbons (Fsp3) is 0.375. The van der Waals surface area contributed by atoms with Gasteiger partial charge in [0.1, 0.15) is 17.8 Å². The standard InChI is InChI=1S/C24H24F3N5O2/c1-34-23-16-6-7-32(22(16)29-12-30-23)19-9-14(10-20(19)33)3-2-13-4-5-15-11-17(24(25,26)27)21(28)31-18(15)8-13/h4-8,11-12,14,19-20,33H,2-3,9-10H2,1H3,(H2,28,31)/t14-,19+,20+/m0/s1. The Morgan fingerprint density at radius 3 is 2.76 bits per heavy atom. The third-order valence-electron chi connectivity index (χ3n) is 6.68. The van der Waals surface area contributed by atoms with Crippen LogP contribution in [0.4, 0.5) is 19.0 Å². The number of pyridine rings is 1. The van der Waals surface area contributed by atoms with Gasteiger partial charge in [-0.2, -0.15) is 13.2 Å². The largest absolute Gasteiger partial charge is 0.480 e. The van der Waals surface area contributed by atoms with Crippen LogP contribution in [0, 0.1) is 5.92 Å².